The normalized spacial score (nSPS) is 13.9. The van der Waals surface area contributed by atoms with Gasteiger partial charge in [-0.2, -0.15) is 0 Å². The Morgan fingerprint density at radius 1 is 0.278 bits per heavy atom. The highest BCUT2D eigenvalue weighted by molar-refractivity contribution is 5.77. The van der Waals surface area contributed by atoms with Crippen LogP contribution >= 0.6 is 0 Å². The summed E-state index contributed by atoms with van der Waals surface area (Å²) in [6.45, 7) is 0. The molecule has 376 valence electrons. The van der Waals surface area contributed by atoms with E-state index in [9.17, 15) is 0 Å². The Balaban J connectivity index is 0.818. The van der Waals surface area contributed by atoms with Crippen molar-refractivity contribution in [3.63, 3.8) is 0 Å². The number of fused-ring (bicyclic) bond motifs is 4. The van der Waals surface area contributed by atoms with Gasteiger partial charge in [-0.25, -0.2) is 4.57 Å². The molecule has 14 rings (SSSR count). The van der Waals surface area contributed by atoms with Gasteiger partial charge in [0.05, 0.1) is 16.5 Å². The van der Waals surface area contributed by atoms with Gasteiger partial charge in [-0.3, -0.25) is 4.98 Å². The van der Waals surface area contributed by atoms with E-state index in [4.69, 9.17) is 4.98 Å². The topological polar surface area (TPSA) is 16.8 Å². The first kappa shape index (κ1) is 47.9. The lowest BCUT2D eigenvalue weighted by molar-refractivity contribution is -0.671. The van der Waals surface area contributed by atoms with Crippen LogP contribution < -0.4 is 4.57 Å². The first-order chi connectivity index (χ1) is 39.0. The predicted octanol–water partition coefficient (Wildman–Crippen LogP) is 17.2. The van der Waals surface area contributed by atoms with Gasteiger partial charge >= 0.3 is 0 Å². The summed E-state index contributed by atoms with van der Waals surface area (Å²) in [5.41, 5.74) is 26.5. The molecule has 0 bridgehead atoms. The number of aryl methyl sites for hydroxylation is 5. The van der Waals surface area contributed by atoms with Crippen LogP contribution in [0, 0.1) is 0 Å². The van der Waals surface area contributed by atoms with Crippen molar-refractivity contribution in [2.24, 2.45) is 7.05 Å². The lowest BCUT2D eigenvalue weighted by Gasteiger charge is -2.38. The minimum absolute atomic E-state index is 0.514. The van der Waals surface area contributed by atoms with Gasteiger partial charge < -0.3 is 0 Å². The zero-order chi connectivity index (χ0) is 52.8. The molecule has 0 radical (unpaired) electrons. The highest BCUT2D eigenvalue weighted by Crippen LogP contribution is 2.52. The van der Waals surface area contributed by atoms with Gasteiger partial charge in [0.1, 0.15) is 7.05 Å². The molecular formula is C77H59N2+. The summed E-state index contributed by atoms with van der Waals surface area (Å²) >= 11 is 0. The third-order valence-electron chi connectivity index (χ3n) is 17.3. The third-order valence-corrected chi connectivity index (χ3v) is 17.3. The minimum Gasteiger partial charge on any atom is -0.256 e. The van der Waals surface area contributed by atoms with Crippen LogP contribution in [0.5, 0.6) is 0 Å². The lowest BCUT2D eigenvalue weighted by Crippen LogP contribution is -2.32. The maximum Gasteiger partial charge on any atom is 0.169 e. The van der Waals surface area contributed by atoms with E-state index in [0.717, 1.165) is 53.6 Å². The van der Waals surface area contributed by atoms with Gasteiger partial charge in [-0.05, 0) is 155 Å². The van der Waals surface area contributed by atoms with E-state index in [1.807, 2.05) is 6.20 Å². The zero-order valence-electron chi connectivity index (χ0n) is 44.4. The molecule has 0 aliphatic heterocycles. The molecule has 0 unspecified atom stereocenters. The number of nitrogens with zero attached hydrogens (tertiary/aromatic N) is 2. The molecule has 2 aliphatic carbocycles. The fraction of sp³-hybridized carbons (Fsp3) is 0.0909. The summed E-state index contributed by atoms with van der Waals surface area (Å²) in [7, 11) is 2.06. The number of aromatic nitrogens is 2. The van der Waals surface area contributed by atoms with Crippen LogP contribution in [0.15, 0.2) is 292 Å². The van der Waals surface area contributed by atoms with Crippen molar-refractivity contribution in [2.45, 2.75) is 36.5 Å². The Hall–Kier alpha value is -9.50. The van der Waals surface area contributed by atoms with Crippen LogP contribution in [-0.2, 0) is 43.6 Å². The molecule has 0 atom stereocenters. The van der Waals surface area contributed by atoms with Crippen LogP contribution in [0.4, 0.5) is 0 Å². The number of pyridine rings is 2. The van der Waals surface area contributed by atoms with Gasteiger partial charge in [0, 0.05) is 23.9 Å². The van der Waals surface area contributed by atoms with Crippen molar-refractivity contribution in [1.29, 1.82) is 0 Å². The maximum absolute atomic E-state index is 5.00. The molecule has 2 nitrogen and oxygen atoms in total. The molecule has 12 aromatic rings. The van der Waals surface area contributed by atoms with E-state index >= 15 is 0 Å². The monoisotopic (exact) mass is 1010 g/mol. The molecule has 0 amide bonds. The Bertz CT molecular complexity index is 4060. The first-order valence-electron chi connectivity index (χ1n) is 27.9. The molecule has 2 heteroatoms. The van der Waals surface area contributed by atoms with Crippen molar-refractivity contribution >= 4 is 0 Å². The summed E-state index contributed by atoms with van der Waals surface area (Å²) in [4.78, 5) is 5.00. The molecule has 2 aromatic heterocycles. The van der Waals surface area contributed by atoms with Gasteiger partial charge in [-0.15, -0.1) is 0 Å². The molecule has 10 aromatic carbocycles. The second-order valence-corrected chi connectivity index (χ2v) is 21.6. The van der Waals surface area contributed by atoms with Crippen molar-refractivity contribution in [2.75, 3.05) is 0 Å². The predicted molar refractivity (Wildman–Crippen MR) is 324 cm³/mol. The van der Waals surface area contributed by atoms with Crippen LogP contribution in [0.1, 0.15) is 66.8 Å². The highest BCUT2D eigenvalue weighted by Gasteiger charge is 2.44. The SMILES string of the molecule is C[n+]1ccc(-c2ccc(C3(c4ccc(-c5ccnc(-c6cccc(-c7ccc(C8(c9ccc(-c%10ccccc%10)cc9)c9ccccc9CCc9ccccc98)cc7)c6)c5)cc4)c4ccccc4CCc4ccccc43)cc2)cc1. The standard InChI is InChI=1S/C77H59N2/c1-79-50-47-59(48-51-79)56-32-40-68(41-33-56)77(73-24-11-7-18-62(73)28-29-63-19-8-12-25-74(63)77)70-44-36-58(37-45-70)65-46-49-78-75(53-65)66-21-13-20-64(52-66)57-34-42-69(43-35-57)76(67-38-30-55(31-39-67)54-14-3-2-4-15-54)71-22-9-5-16-60(71)26-27-61-17-6-10-23-72(61)76/h2-25,30-53H,26-29H2,1H3/q+1. The van der Waals surface area contributed by atoms with Crippen LogP contribution in [0.2, 0.25) is 0 Å². The van der Waals surface area contributed by atoms with Crippen molar-refractivity contribution in [3.8, 4) is 55.8 Å². The summed E-state index contributed by atoms with van der Waals surface area (Å²) < 4.78 is 2.08. The fourth-order valence-corrected chi connectivity index (χ4v) is 13.4. The van der Waals surface area contributed by atoms with E-state index in [1.165, 1.54) is 94.6 Å². The number of hydrogen-bond donors (Lipinski definition) is 0. The average molecular weight is 1010 g/mol. The quantitative estimate of drug-likeness (QED) is 0.132. The molecule has 2 aliphatic rings. The van der Waals surface area contributed by atoms with Gasteiger partial charge in [0.15, 0.2) is 12.4 Å². The molecule has 0 fully saturated rings. The molecular weight excluding hydrogens is 953 g/mol. The molecule has 0 spiro atoms. The van der Waals surface area contributed by atoms with E-state index < -0.39 is 10.8 Å². The van der Waals surface area contributed by atoms with Gasteiger partial charge in [-0.1, -0.05) is 243 Å². The second kappa shape index (κ2) is 20.1. The number of benzene rings is 10. The van der Waals surface area contributed by atoms with Crippen LogP contribution in [0.25, 0.3) is 55.8 Å². The summed E-state index contributed by atoms with van der Waals surface area (Å²) in [5, 5.41) is 0. The number of rotatable bonds is 9. The van der Waals surface area contributed by atoms with Crippen molar-refractivity contribution in [1.82, 2.24) is 4.98 Å². The summed E-state index contributed by atoms with van der Waals surface area (Å²) in [6.07, 6.45) is 10.2. The summed E-state index contributed by atoms with van der Waals surface area (Å²) in [5.74, 6) is 0. The molecule has 2 heterocycles. The Kier molecular flexibility index (Phi) is 12.2. The third kappa shape index (κ3) is 8.35. The lowest BCUT2D eigenvalue weighted by atomic mass is 9.63. The molecule has 0 N–H and O–H groups in total. The fourth-order valence-electron chi connectivity index (χ4n) is 13.4. The Labute approximate surface area is 464 Å². The van der Waals surface area contributed by atoms with E-state index in [0.29, 0.717) is 0 Å². The molecule has 0 saturated heterocycles. The minimum atomic E-state index is -0.522. The largest absolute Gasteiger partial charge is 0.256 e. The van der Waals surface area contributed by atoms with E-state index in [2.05, 4.69) is 297 Å². The van der Waals surface area contributed by atoms with E-state index in [1.54, 1.807) is 0 Å². The smallest absolute Gasteiger partial charge is 0.169 e. The number of hydrogen-bond acceptors (Lipinski definition) is 1. The zero-order valence-corrected chi connectivity index (χ0v) is 44.4. The maximum atomic E-state index is 5.00. The molecule has 79 heavy (non-hydrogen) atoms. The first-order valence-corrected chi connectivity index (χ1v) is 27.9. The van der Waals surface area contributed by atoms with E-state index in [-0.39, 0.29) is 0 Å². The van der Waals surface area contributed by atoms with Crippen LogP contribution in [0.3, 0.4) is 0 Å². The Morgan fingerprint density at radius 3 is 1.01 bits per heavy atom. The van der Waals surface area contributed by atoms with Gasteiger partial charge in [0.25, 0.3) is 0 Å². The van der Waals surface area contributed by atoms with Gasteiger partial charge in [0.2, 0.25) is 0 Å². The van der Waals surface area contributed by atoms with Crippen molar-refractivity contribution < 1.29 is 4.57 Å². The second-order valence-electron chi connectivity index (χ2n) is 21.6. The molecule has 0 saturated carbocycles. The van der Waals surface area contributed by atoms with Crippen molar-refractivity contribution in [3.05, 3.63) is 358 Å². The summed E-state index contributed by atoms with van der Waals surface area (Å²) in [6, 6.07) is 102. The highest BCUT2D eigenvalue weighted by atomic mass is 14.9. The van der Waals surface area contributed by atoms with Crippen LogP contribution in [-0.4, -0.2) is 4.98 Å². The Morgan fingerprint density at radius 2 is 0.595 bits per heavy atom. The average Bonchev–Trinajstić information content (AvgIpc) is 3.97.